The zero-order chi connectivity index (χ0) is 7.70. The molecule has 1 heteroatoms. The van der Waals surface area contributed by atoms with E-state index in [9.17, 15) is 0 Å². The van der Waals surface area contributed by atoms with Gasteiger partial charge in [0.25, 0.3) is 0 Å². The molecule has 0 saturated heterocycles. The molecule has 0 aromatic heterocycles. The highest BCUT2D eigenvalue weighted by molar-refractivity contribution is 4.45. The third-order valence-electron chi connectivity index (χ3n) is 1.10. The Kier molecular flexibility index (Phi) is 14.1. The van der Waals surface area contributed by atoms with E-state index in [0.717, 1.165) is 6.54 Å². The van der Waals surface area contributed by atoms with E-state index in [1.165, 1.54) is 12.8 Å². The summed E-state index contributed by atoms with van der Waals surface area (Å²) in [7, 11) is 0. The largest absolute Gasteiger partial charge is 0.330 e. The van der Waals surface area contributed by atoms with Crippen LogP contribution in [0.15, 0.2) is 0 Å². The SMILES string of the molecule is CCC.CCC(C)CN. The van der Waals surface area contributed by atoms with Crippen molar-refractivity contribution in [2.75, 3.05) is 6.54 Å². The van der Waals surface area contributed by atoms with Crippen molar-refractivity contribution in [3.63, 3.8) is 0 Å². The van der Waals surface area contributed by atoms with Gasteiger partial charge < -0.3 is 5.73 Å². The van der Waals surface area contributed by atoms with Crippen LogP contribution in [-0.2, 0) is 0 Å². The molecule has 0 amide bonds. The molecule has 0 saturated carbocycles. The van der Waals surface area contributed by atoms with Gasteiger partial charge in [0.1, 0.15) is 0 Å². The van der Waals surface area contributed by atoms with Crippen molar-refractivity contribution < 1.29 is 0 Å². The summed E-state index contributed by atoms with van der Waals surface area (Å²) in [4.78, 5) is 0. The molecule has 1 atom stereocenters. The lowest BCUT2D eigenvalue weighted by Crippen LogP contribution is -2.08. The molecule has 0 rings (SSSR count). The summed E-state index contributed by atoms with van der Waals surface area (Å²) in [6.07, 6.45) is 2.45. The van der Waals surface area contributed by atoms with Crippen LogP contribution in [0.4, 0.5) is 0 Å². The molecule has 0 heterocycles. The molecule has 58 valence electrons. The van der Waals surface area contributed by atoms with Crippen LogP contribution in [0.3, 0.4) is 0 Å². The maximum absolute atomic E-state index is 5.28. The Balaban J connectivity index is 0. The van der Waals surface area contributed by atoms with E-state index in [1.807, 2.05) is 0 Å². The Morgan fingerprint density at radius 1 is 1.22 bits per heavy atom. The lowest BCUT2D eigenvalue weighted by atomic mass is 10.1. The molecule has 1 nitrogen and oxygen atoms in total. The fourth-order valence-corrected chi connectivity index (χ4v) is 0.167. The Morgan fingerprint density at radius 2 is 1.56 bits per heavy atom. The second-order valence-electron chi connectivity index (χ2n) is 2.46. The summed E-state index contributed by atoms with van der Waals surface area (Å²) in [6.45, 7) is 9.38. The minimum Gasteiger partial charge on any atom is -0.330 e. The number of rotatable bonds is 2. The zero-order valence-corrected chi connectivity index (χ0v) is 7.28. The van der Waals surface area contributed by atoms with E-state index in [4.69, 9.17) is 5.73 Å². The molecule has 0 spiro atoms. The first-order valence-corrected chi connectivity index (χ1v) is 3.92. The van der Waals surface area contributed by atoms with Crippen molar-refractivity contribution >= 4 is 0 Å². The quantitative estimate of drug-likeness (QED) is 0.612. The summed E-state index contributed by atoms with van der Waals surface area (Å²) in [6, 6.07) is 0. The van der Waals surface area contributed by atoms with Crippen molar-refractivity contribution in [3.05, 3.63) is 0 Å². The average Bonchev–Trinajstić information content (AvgIpc) is 1.88. The molecule has 0 bridgehead atoms. The van der Waals surface area contributed by atoms with Crippen LogP contribution in [0.1, 0.15) is 40.5 Å². The number of nitrogens with two attached hydrogens (primary N) is 1. The van der Waals surface area contributed by atoms with E-state index in [2.05, 4.69) is 27.7 Å². The zero-order valence-electron chi connectivity index (χ0n) is 7.28. The number of hydrogen-bond acceptors (Lipinski definition) is 1. The third kappa shape index (κ3) is 18.0. The maximum Gasteiger partial charge on any atom is -0.00516 e. The first-order valence-electron chi connectivity index (χ1n) is 3.92. The molecule has 2 N–H and O–H groups in total. The normalized spacial score (nSPS) is 11.7. The van der Waals surface area contributed by atoms with Crippen molar-refractivity contribution in [1.82, 2.24) is 0 Å². The second-order valence-corrected chi connectivity index (χ2v) is 2.46. The van der Waals surface area contributed by atoms with Gasteiger partial charge >= 0.3 is 0 Å². The predicted molar refractivity (Wildman–Crippen MR) is 44.5 cm³/mol. The van der Waals surface area contributed by atoms with E-state index in [0.29, 0.717) is 5.92 Å². The smallest absolute Gasteiger partial charge is 0.00516 e. The topological polar surface area (TPSA) is 26.0 Å². The van der Waals surface area contributed by atoms with Crippen molar-refractivity contribution in [2.45, 2.75) is 40.5 Å². The first-order chi connectivity index (χ1) is 4.22. The first kappa shape index (κ1) is 11.7. The highest BCUT2D eigenvalue weighted by Crippen LogP contribution is 1.93. The summed E-state index contributed by atoms with van der Waals surface area (Å²) < 4.78 is 0. The van der Waals surface area contributed by atoms with Gasteiger partial charge in [-0.2, -0.15) is 0 Å². The maximum atomic E-state index is 5.28. The number of hydrogen-bond donors (Lipinski definition) is 1. The summed E-state index contributed by atoms with van der Waals surface area (Å²) in [5.41, 5.74) is 5.28. The van der Waals surface area contributed by atoms with Gasteiger partial charge in [-0.25, -0.2) is 0 Å². The minimum absolute atomic E-state index is 0.713. The predicted octanol–water partition coefficient (Wildman–Crippen LogP) is 2.41. The summed E-state index contributed by atoms with van der Waals surface area (Å²) >= 11 is 0. The van der Waals surface area contributed by atoms with Gasteiger partial charge in [-0.05, 0) is 12.5 Å². The van der Waals surface area contributed by atoms with Gasteiger partial charge in [0.05, 0.1) is 0 Å². The standard InChI is InChI=1S/C5H13N.C3H8/c1-3-5(2)4-6;1-3-2/h5H,3-4,6H2,1-2H3;3H2,1-2H3. The molecule has 0 aliphatic carbocycles. The Bertz CT molecular complexity index is 31.5. The fourth-order valence-electron chi connectivity index (χ4n) is 0.167. The molecule has 0 aromatic rings. The van der Waals surface area contributed by atoms with E-state index < -0.39 is 0 Å². The molecule has 0 fully saturated rings. The summed E-state index contributed by atoms with van der Waals surface area (Å²) in [5, 5.41) is 0. The van der Waals surface area contributed by atoms with Crippen LogP contribution in [0, 0.1) is 5.92 Å². The van der Waals surface area contributed by atoms with Crippen LogP contribution in [-0.4, -0.2) is 6.54 Å². The lowest BCUT2D eigenvalue weighted by Gasteiger charge is -1.98. The molecular formula is C8H21N. The third-order valence-corrected chi connectivity index (χ3v) is 1.10. The van der Waals surface area contributed by atoms with Gasteiger partial charge in [0, 0.05) is 0 Å². The van der Waals surface area contributed by atoms with E-state index in [-0.39, 0.29) is 0 Å². The van der Waals surface area contributed by atoms with Gasteiger partial charge in [-0.15, -0.1) is 0 Å². The van der Waals surface area contributed by atoms with Crippen LogP contribution < -0.4 is 5.73 Å². The molecule has 9 heavy (non-hydrogen) atoms. The van der Waals surface area contributed by atoms with Crippen molar-refractivity contribution in [3.8, 4) is 0 Å². The fraction of sp³-hybridized carbons (Fsp3) is 1.00. The second kappa shape index (κ2) is 10.9. The Labute approximate surface area is 59.6 Å². The van der Waals surface area contributed by atoms with Gasteiger partial charge in [0.15, 0.2) is 0 Å². The molecule has 0 aliphatic heterocycles. The van der Waals surface area contributed by atoms with Crippen LogP contribution in [0.25, 0.3) is 0 Å². The molecule has 0 aromatic carbocycles. The van der Waals surface area contributed by atoms with Gasteiger partial charge in [-0.3, -0.25) is 0 Å². The van der Waals surface area contributed by atoms with Crippen molar-refractivity contribution in [1.29, 1.82) is 0 Å². The van der Waals surface area contributed by atoms with Crippen molar-refractivity contribution in [2.24, 2.45) is 11.7 Å². The van der Waals surface area contributed by atoms with Gasteiger partial charge in [-0.1, -0.05) is 40.5 Å². The van der Waals surface area contributed by atoms with E-state index in [1.54, 1.807) is 0 Å². The highest BCUT2D eigenvalue weighted by Gasteiger charge is 1.88. The Hall–Kier alpha value is -0.0400. The highest BCUT2D eigenvalue weighted by atomic mass is 14.5. The minimum atomic E-state index is 0.713. The molecule has 1 unspecified atom stereocenters. The Morgan fingerprint density at radius 3 is 1.56 bits per heavy atom. The summed E-state index contributed by atoms with van der Waals surface area (Å²) in [5.74, 6) is 0.713. The van der Waals surface area contributed by atoms with Gasteiger partial charge in [0.2, 0.25) is 0 Å². The molecule has 0 radical (unpaired) electrons. The van der Waals surface area contributed by atoms with Crippen LogP contribution >= 0.6 is 0 Å². The monoisotopic (exact) mass is 131 g/mol. The van der Waals surface area contributed by atoms with Crippen LogP contribution in [0.2, 0.25) is 0 Å². The lowest BCUT2D eigenvalue weighted by molar-refractivity contribution is 0.576. The molecule has 0 aliphatic rings. The molecular weight excluding hydrogens is 110 g/mol. The van der Waals surface area contributed by atoms with Crippen LogP contribution in [0.5, 0.6) is 0 Å². The van der Waals surface area contributed by atoms with E-state index >= 15 is 0 Å². The average molecular weight is 131 g/mol.